The molecule has 1 aliphatic carbocycles. The van der Waals surface area contributed by atoms with E-state index in [-0.39, 0.29) is 5.97 Å². The molecule has 29 heavy (non-hydrogen) atoms. The van der Waals surface area contributed by atoms with Gasteiger partial charge in [0.1, 0.15) is 5.54 Å². The maximum Gasteiger partial charge on any atom is 0.408 e. The summed E-state index contributed by atoms with van der Waals surface area (Å²) in [7, 11) is 0. The van der Waals surface area contributed by atoms with Crippen LogP contribution in [0.4, 0.5) is 4.79 Å². The van der Waals surface area contributed by atoms with Gasteiger partial charge in [0.2, 0.25) is 0 Å². The number of amides is 1. The average Bonchev–Trinajstić information content (AvgIpc) is 3.18. The van der Waals surface area contributed by atoms with Crippen LogP contribution >= 0.6 is 0 Å². The topological polar surface area (TPSA) is 64.6 Å². The maximum atomic E-state index is 12.7. The molecule has 0 aliphatic heterocycles. The first-order chi connectivity index (χ1) is 14.1. The highest BCUT2D eigenvalue weighted by atomic mass is 16.6. The third-order valence-corrected chi connectivity index (χ3v) is 5.90. The van der Waals surface area contributed by atoms with Crippen molar-refractivity contribution in [3.8, 4) is 0 Å². The Bertz CT molecular complexity index is 433. The average molecular weight is 412 g/mol. The number of carbonyl (C=O) groups excluding carboxylic acids is 2. The van der Waals surface area contributed by atoms with Crippen LogP contribution < -0.4 is 5.32 Å². The Morgan fingerprint density at radius 2 is 1.14 bits per heavy atom. The number of alkyl carbamates (subject to hydrolysis) is 1. The van der Waals surface area contributed by atoms with Gasteiger partial charge in [-0.05, 0) is 25.7 Å². The van der Waals surface area contributed by atoms with Crippen molar-refractivity contribution in [2.45, 2.75) is 129 Å². The zero-order valence-electron chi connectivity index (χ0n) is 19.1. The number of carbonyl (C=O) groups is 2. The van der Waals surface area contributed by atoms with E-state index < -0.39 is 11.6 Å². The van der Waals surface area contributed by atoms with Gasteiger partial charge in [-0.2, -0.15) is 0 Å². The van der Waals surface area contributed by atoms with Crippen LogP contribution in [-0.4, -0.2) is 30.8 Å². The predicted octanol–water partition coefficient (Wildman–Crippen LogP) is 6.68. The van der Waals surface area contributed by atoms with Crippen molar-refractivity contribution in [2.75, 3.05) is 13.2 Å². The molecule has 0 spiro atoms. The van der Waals surface area contributed by atoms with Gasteiger partial charge in [0.05, 0.1) is 13.2 Å². The van der Waals surface area contributed by atoms with E-state index in [1.165, 1.54) is 57.8 Å². The third-order valence-electron chi connectivity index (χ3n) is 5.90. The van der Waals surface area contributed by atoms with Crippen LogP contribution in [-0.2, 0) is 14.3 Å². The Labute approximate surface area is 178 Å². The minimum atomic E-state index is -0.876. The molecule has 0 aromatic rings. The molecule has 0 radical (unpaired) electrons. The van der Waals surface area contributed by atoms with Gasteiger partial charge in [0.25, 0.3) is 0 Å². The summed E-state index contributed by atoms with van der Waals surface area (Å²) in [6.07, 6.45) is 17.9. The fourth-order valence-corrected chi connectivity index (χ4v) is 4.00. The highest BCUT2D eigenvalue weighted by Crippen LogP contribution is 2.31. The number of hydrogen-bond donors (Lipinski definition) is 1. The summed E-state index contributed by atoms with van der Waals surface area (Å²) in [6, 6.07) is 0. The summed E-state index contributed by atoms with van der Waals surface area (Å²) < 4.78 is 10.8. The van der Waals surface area contributed by atoms with Crippen LogP contribution in [0.3, 0.4) is 0 Å². The molecular weight excluding hydrogens is 366 g/mol. The van der Waals surface area contributed by atoms with Crippen LogP contribution in [0.15, 0.2) is 0 Å². The molecule has 170 valence electrons. The molecule has 0 aromatic heterocycles. The second kappa shape index (κ2) is 16.5. The quantitative estimate of drug-likeness (QED) is 0.214. The molecule has 1 amide bonds. The van der Waals surface area contributed by atoms with Crippen molar-refractivity contribution in [3.63, 3.8) is 0 Å². The number of nitrogens with one attached hydrogen (secondary N) is 1. The SMILES string of the molecule is CCCCCCCCCOC(=O)C1(NC(=O)OCCCCCCCC)CCCC1. The smallest absolute Gasteiger partial charge is 0.408 e. The predicted molar refractivity (Wildman–Crippen MR) is 118 cm³/mol. The summed E-state index contributed by atoms with van der Waals surface area (Å²) in [5.41, 5.74) is -0.876. The van der Waals surface area contributed by atoms with Gasteiger partial charge < -0.3 is 14.8 Å². The van der Waals surface area contributed by atoms with Gasteiger partial charge in [-0.1, -0.05) is 97.3 Å². The van der Waals surface area contributed by atoms with E-state index in [4.69, 9.17) is 9.47 Å². The molecule has 0 aromatic carbocycles. The van der Waals surface area contributed by atoms with E-state index in [2.05, 4.69) is 19.2 Å². The fourth-order valence-electron chi connectivity index (χ4n) is 4.00. The largest absolute Gasteiger partial charge is 0.464 e. The van der Waals surface area contributed by atoms with E-state index in [1.54, 1.807) is 0 Å². The van der Waals surface area contributed by atoms with E-state index in [0.717, 1.165) is 38.5 Å². The van der Waals surface area contributed by atoms with Crippen molar-refractivity contribution in [2.24, 2.45) is 0 Å². The highest BCUT2D eigenvalue weighted by molar-refractivity contribution is 5.86. The van der Waals surface area contributed by atoms with E-state index >= 15 is 0 Å². The molecule has 0 unspecified atom stereocenters. The van der Waals surface area contributed by atoms with Gasteiger partial charge in [-0.3, -0.25) is 0 Å². The second-order valence-corrected chi connectivity index (χ2v) is 8.58. The highest BCUT2D eigenvalue weighted by Gasteiger charge is 2.44. The Kier molecular flexibility index (Phi) is 14.7. The van der Waals surface area contributed by atoms with Crippen LogP contribution in [0, 0.1) is 0 Å². The van der Waals surface area contributed by atoms with Crippen molar-refractivity contribution < 1.29 is 19.1 Å². The molecule has 1 N–H and O–H groups in total. The van der Waals surface area contributed by atoms with Gasteiger partial charge in [-0.25, -0.2) is 9.59 Å². The first-order valence-corrected chi connectivity index (χ1v) is 12.3. The minimum Gasteiger partial charge on any atom is -0.464 e. The zero-order valence-corrected chi connectivity index (χ0v) is 19.1. The molecule has 1 rings (SSSR count). The van der Waals surface area contributed by atoms with E-state index in [9.17, 15) is 9.59 Å². The molecule has 0 heterocycles. The normalized spacial score (nSPS) is 15.2. The number of hydrogen-bond acceptors (Lipinski definition) is 4. The second-order valence-electron chi connectivity index (χ2n) is 8.58. The van der Waals surface area contributed by atoms with Gasteiger partial charge in [-0.15, -0.1) is 0 Å². The lowest BCUT2D eigenvalue weighted by atomic mass is 9.98. The number of unbranched alkanes of at least 4 members (excludes halogenated alkanes) is 11. The standard InChI is InChI=1S/C24H45NO4/c1-3-5-7-9-11-13-16-20-28-22(26)24(18-14-15-19-24)25-23(27)29-21-17-12-10-8-6-4-2/h3-21H2,1-2H3,(H,25,27). The minimum absolute atomic E-state index is 0.280. The monoisotopic (exact) mass is 411 g/mol. The lowest BCUT2D eigenvalue weighted by molar-refractivity contribution is -0.151. The third kappa shape index (κ3) is 11.5. The number of esters is 1. The molecule has 1 aliphatic rings. The number of rotatable bonds is 17. The van der Waals surface area contributed by atoms with Crippen LogP contribution in [0.5, 0.6) is 0 Å². The summed E-state index contributed by atoms with van der Waals surface area (Å²) in [6.45, 7) is 5.28. The molecule has 5 nitrogen and oxygen atoms in total. The van der Waals surface area contributed by atoms with Gasteiger partial charge >= 0.3 is 12.1 Å². The van der Waals surface area contributed by atoms with Crippen molar-refractivity contribution in [3.05, 3.63) is 0 Å². The Balaban J connectivity index is 2.21. The van der Waals surface area contributed by atoms with Crippen molar-refractivity contribution >= 4 is 12.1 Å². The van der Waals surface area contributed by atoms with Gasteiger partial charge in [0.15, 0.2) is 0 Å². The van der Waals surface area contributed by atoms with Crippen LogP contribution in [0.25, 0.3) is 0 Å². The van der Waals surface area contributed by atoms with E-state index in [0.29, 0.717) is 26.1 Å². The van der Waals surface area contributed by atoms with E-state index in [1.807, 2.05) is 0 Å². The summed E-state index contributed by atoms with van der Waals surface area (Å²) >= 11 is 0. The molecule has 5 heteroatoms. The number of ether oxygens (including phenoxy) is 2. The maximum absolute atomic E-state index is 12.7. The molecule has 1 saturated carbocycles. The molecule has 0 saturated heterocycles. The first-order valence-electron chi connectivity index (χ1n) is 12.3. The summed E-state index contributed by atoms with van der Waals surface area (Å²) in [5, 5.41) is 2.84. The fraction of sp³-hybridized carbons (Fsp3) is 0.917. The van der Waals surface area contributed by atoms with Crippen LogP contribution in [0.2, 0.25) is 0 Å². The summed E-state index contributed by atoms with van der Waals surface area (Å²) in [4.78, 5) is 24.9. The Morgan fingerprint density at radius 3 is 1.66 bits per heavy atom. The van der Waals surface area contributed by atoms with Gasteiger partial charge in [0, 0.05) is 0 Å². The van der Waals surface area contributed by atoms with Crippen molar-refractivity contribution in [1.82, 2.24) is 5.32 Å². The first kappa shape index (κ1) is 25.8. The molecule has 1 fully saturated rings. The van der Waals surface area contributed by atoms with Crippen LogP contribution in [0.1, 0.15) is 123 Å². The molecule has 0 atom stereocenters. The molecule has 0 bridgehead atoms. The Morgan fingerprint density at radius 1 is 0.690 bits per heavy atom. The zero-order chi connectivity index (χ0) is 21.2. The summed E-state index contributed by atoms with van der Waals surface area (Å²) in [5.74, 6) is -0.280. The van der Waals surface area contributed by atoms with Crippen molar-refractivity contribution in [1.29, 1.82) is 0 Å². The lowest BCUT2D eigenvalue weighted by Crippen LogP contribution is -2.53. The molecular formula is C24H45NO4. The lowest BCUT2D eigenvalue weighted by Gasteiger charge is -2.27. The Hall–Kier alpha value is -1.26.